The van der Waals surface area contributed by atoms with Gasteiger partial charge in [0, 0.05) is 28.3 Å². The topological polar surface area (TPSA) is 33.1 Å². The number of pyridine rings is 1. The van der Waals surface area contributed by atoms with Gasteiger partial charge >= 0.3 is 0 Å². The van der Waals surface area contributed by atoms with Gasteiger partial charge in [0.1, 0.15) is 5.82 Å². The van der Waals surface area contributed by atoms with Crippen LogP contribution in [0.3, 0.4) is 0 Å². The smallest absolute Gasteiger partial charge is 0.129 e. The molecule has 0 aliphatic rings. The number of aromatic nitrogens is 1. The highest BCUT2D eigenvalue weighted by Crippen LogP contribution is 2.20. The summed E-state index contributed by atoms with van der Waals surface area (Å²) in [4.78, 5) is 4.14. The van der Waals surface area contributed by atoms with Gasteiger partial charge in [-0.2, -0.15) is 0 Å². The maximum atomic E-state index is 13.4. The first-order valence-corrected chi connectivity index (χ1v) is 5.99. The molecule has 0 saturated carbocycles. The van der Waals surface area contributed by atoms with Crippen LogP contribution in [0.2, 0.25) is 0 Å². The normalized spacial score (nSPS) is 12.4. The number of nitrogens with zero attached hydrogens (tertiary/aromatic N) is 1. The molecule has 1 atom stereocenters. The van der Waals surface area contributed by atoms with Gasteiger partial charge in [-0.3, -0.25) is 4.98 Å². The third-order valence-corrected chi connectivity index (χ3v) is 2.92. The fraction of sp³-hybridized carbons (Fsp3) is 0.154. The average Bonchev–Trinajstić information content (AvgIpc) is 2.32. The molecule has 2 rings (SSSR count). The quantitative estimate of drug-likeness (QED) is 0.943. The largest absolute Gasteiger partial charge is 0.388 e. The first-order valence-electron chi connectivity index (χ1n) is 5.20. The number of benzene rings is 1. The maximum absolute atomic E-state index is 13.4. The molecule has 0 bridgehead atoms. The van der Waals surface area contributed by atoms with Crippen LogP contribution in [0.1, 0.15) is 17.4 Å². The summed E-state index contributed by atoms with van der Waals surface area (Å²) < 4.78 is 14.3. The van der Waals surface area contributed by atoms with Gasteiger partial charge in [-0.25, -0.2) is 4.39 Å². The Bertz CT molecular complexity index is 501. The monoisotopic (exact) mass is 295 g/mol. The summed E-state index contributed by atoms with van der Waals surface area (Å²) in [5, 5.41) is 9.93. The van der Waals surface area contributed by atoms with Gasteiger partial charge in [0.2, 0.25) is 0 Å². The summed E-state index contributed by atoms with van der Waals surface area (Å²) in [7, 11) is 0. The summed E-state index contributed by atoms with van der Waals surface area (Å²) in [5.41, 5.74) is 1.03. The summed E-state index contributed by atoms with van der Waals surface area (Å²) in [5.74, 6) is -0.392. The van der Waals surface area contributed by atoms with E-state index in [0.717, 1.165) is 10.2 Å². The number of halogens is 2. The van der Waals surface area contributed by atoms with Gasteiger partial charge in [0.25, 0.3) is 0 Å². The molecule has 1 N–H and O–H groups in total. The fourth-order valence-electron chi connectivity index (χ4n) is 1.58. The Balaban J connectivity index is 2.14. The molecule has 4 heteroatoms. The van der Waals surface area contributed by atoms with Gasteiger partial charge in [-0.1, -0.05) is 18.2 Å². The molecule has 0 fully saturated rings. The number of hydrogen-bond donors (Lipinski definition) is 1. The lowest BCUT2D eigenvalue weighted by Crippen LogP contribution is -2.05. The van der Waals surface area contributed by atoms with E-state index in [9.17, 15) is 9.50 Å². The molecule has 0 spiro atoms. The second-order valence-electron chi connectivity index (χ2n) is 3.71. The Morgan fingerprint density at radius 3 is 2.65 bits per heavy atom. The summed E-state index contributed by atoms with van der Waals surface area (Å²) in [6, 6.07) is 9.87. The van der Waals surface area contributed by atoms with Crippen LogP contribution >= 0.6 is 15.9 Å². The number of aliphatic hydroxyl groups excluding tert-OH is 1. The third kappa shape index (κ3) is 3.11. The van der Waals surface area contributed by atoms with Crippen LogP contribution in [0.5, 0.6) is 0 Å². The van der Waals surface area contributed by atoms with Crippen molar-refractivity contribution in [3.63, 3.8) is 0 Å². The fourth-order valence-corrected chi connectivity index (χ4v) is 1.82. The summed E-state index contributed by atoms with van der Waals surface area (Å²) in [6.07, 6.45) is 1.09. The zero-order valence-electron chi connectivity index (χ0n) is 8.98. The highest BCUT2D eigenvalue weighted by Gasteiger charge is 2.13. The van der Waals surface area contributed by atoms with Crippen molar-refractivity contribution in [2.45, 2.75) is 12.5 Å². The second kappa shape index (κ2) is 5.38. The molecule has 1 unspecified atom stereocenters. The number of aliphatic hydroxyl groups is 1. The van der Waals surface area contributed by atoms with Crippen LogP contribution in [-0.4, -0.2) is 10.1 Å². The Labute approximate surface area is 107 Å². The Hall–Kier alpha value is -1.26. The van der Waals surface area contributed by atoms with E-state index in [1.54, 1.807) is 30.5 Å². The van der Waals surface area contributed by atoms with E-state index in [-0.39, 0.29) is 0 Å². The van der Waals surface area contributed by atoms with Gasteiger partial charge in [0.05, 0.1) is 6.10 Å². The highest BCUT2D eigenvalue weighted by atomic mass is 79.9. The lowest BCUT2D eigenvalue weighted by Gasteiger charge is -2.11. The number of rotatable bonds is 3. The molecule has 0 saturated heterocycles. The molecule has 0 aliphatic heterocycles. The minimum absolute atomic E-state index is 0.300. The van der Waals surface area contributed by atoms with Crippen molar-refractivity contribution in [1.29, 1.82) is 0 Å². The van der Waals surface area contributed by atoms with Crippen molar-refractivity contribution in [2.24, 2.45) is 0 Å². The minimum atomic E-state index is -0.870. The SMILES string of the molecule is OC(Cc1ccc(Br)cn1)c1ccccc1F. The first-order chi connectivity index (χ1) is 8.16. The van der Waals surface area contributed by atoms with Crippen molar-refractivity contribution in [1.82, 2.24) is 4.98 Å². The molecule has 1 heterocycles. The lowest BCUT2D eigenvalue weighted by molar-refractivity contribution is 0.172. The molecule has 0 radical (unpaired) electrons. The van der Waals surface area contributed by atoms with Gasteiger partial charge in [-0.15, -0.1) is 0 Å². The lowest BCUT2D eigenvalue weighted by atomic mass is 10.0. The van der Waals surface area contributed by atoms with Gasteiger partial charge < -0.3 is 5.11 Å². The third-order valence-electron chi connectivity index (χ3n) is 2.46. The van der Waals surface area contributed by atoms with Crippen LogP contribution < -0.4 is 0 Å². The molecule has 0 amide bonds. The molecule has 2 aromatic rings. The van der Waals surface area contributed by atoms with Crippen LogP contribution in [0.25, 0.3) is 0 Å². The van der Waals surface area contributed by atoms with E-state index in [4.69, 9.17) is 0 Å². The predicted molar refractivity (Wildman–Crippen MR) is 67.0 cm³/mol. The summed E-state index contributed by atoms with van der Waals surface area (Å²) >= 11 is 3.28. The number of hydrogen-bond acceptors (Lipinski definition) is 2. The Kier molecular flexibility index (Phi) is 3.86. The average molecular weight is 296 g/mol. The molecule has 88 valence electrons. The van der Waals surface area contributed by atoms with E-state index in [1.165, 1.54) is 6.07 Å². The predicted octanol–water partition coefficient (Wildman–Crippen LogP) is 3.26. The van der Waals surface area contributed by atoms with E-state index in [1.807, 2.05) is 6.07 Å². The van der Waals surface area contributed by atoms with Crippen LogP contribution in [0.4, 0.5) is 4.39 Å². The van der Waals surface area contributed by atoms with E-state index in [2.05, 4.69) is 20.9 Å². The van der Waals surface area contributed by atoms with Crippen LogP contribution in [0.15, 0.2) is 47.1 Å². The Morgan fingerprint density at radius 2 is 2.00 bits per heavy atom. The van der Waals surface area contributed by atoms with Crippen molar-refractivity contribution in [2.75, 3.05) is 0 Å². The Morgan fingerprint density at radius 1 is 1.24 bits per heavy atom. The maximum Gasteiger partial charge on any atom is 0.129 e. The molecule has 2 nitrogen and oxygen atoms in total. The summed E-state index contributed by atoms with van der Waals surface area (Å²) in [6.45, 7) is 0. The molecule has 17 heavy (non-hydrogen) atoms. The molecule has 1 aromatic carbocycles. The standard InChI is InChI=1S/C13H11BrFNO/c14-9-5-6-10(16-8-9)7-13(17)11-3-1-2-4-12(11)15/h1-6,8,13,17H,7H2. The molecule has 1 aromatic heterocycles. The molecular formula is C13H11BrFNO. The van der Waals surface area contributed by atoms with Crippen molar-refractivity contribution in [3.05, 3.63) is 64.1 Å². The second-order valence-corrected chi connectivity index (χ2v) is 4.62. The van der Waals surface area contributed by atoms with Crippen LogP contribution in [0, 0.1) is 5.82 Å². The van der Waals surface area contributed by atoms with Crippen molar-refractivity contribution in [3.8, 4) is 0 Å². The van der Waals surface area contributed by atoms with Gasteiger partial charge in [-0.05, 0) is 34.1 Å². The zero-order chi connectivity index (χ0) is 12.3. The van der Waals surface area contributed by atoms with E-state index >= 15 is 0 Å². The van der Waals surface area contributed by atoms with Crippen molar-refractivity contribution < 1.29 is 9.50 Å². The molecule has 0 aliphatic carbocycles. The zero-order valence-corrected chi connectivity index (χ0v) is 10.6. The first kappa shape index (κ1) is 12.2. The van der Waals surface area contributed by atoms with E-state index in [0.29, 0.717) is 12.0 Å². The van der Waals surface area contributed by atoms with Gasteiger partial charge in [0.15, 0.2) is 0 Å². The minimum Gasteiger partial charge on any atom is -0.388 e. The van der Waals surface area contributed by atoms with E-state index < -0.39 is 11.9 Å². The molecular weight excluding hydrogens is 285 g/mol. The van der Waals surface area contributed by atoms with Crippen LogP contribution in [-0.2, 0) is 6.42 Å². The highest BCUT2D eigenvalue weighted by molar-refractivity contribution is 9.10. The van der Waals surface area contributed by atoms with Crippen molar-refractivity contribution >= 4 is 15.9 Å².